The van der Waals surface area contributed by atoms with Crippen LogP contribution in [0.2, 0.25) is 0 Å². The number of phenols is 1. The number of rotatable bonds is 12. The molecule has 0 unspecified atom stereocenters. The SMILES string of the molecule is CC(C)C[C@H](NC(=O)[C@@H]1O[C@H]1C(=O)NCc1ccccc1)C(=O)N[C@@H](Cc1ccc(O)cc1)C(N)=O. The second-order valence-corrected chi connectivity index (χ2v) is 9.21. The Morgan fingerprint density at radius 3 is 2.14 bits per heavy atom. The quantitative estimate of drug-likeness (QED) is 0.269. The van der Waals surface area contributed by atoms with Crippen LogP contribution in [0.3, 0.4) is 0 Å². The molecule has 1 aliphatic heterocycles. The smallest absolute Gasteiger partial charge is 0.253 e. The highest BCUT2D eigenvalue weighted by Gasteiger charge is 2.51. The third kappa shape index (κ3) is 7.81. The van der Waals surface area contributed by atoms with Gasteiger partial charge in [-0.1, -0.05) is 56.3 Å². The van der Waals surface area contributed by atoms with Crippen molar-refractivity contribution in [2.45, 2.75) is 57.5 Å². The van der Waals surface area contributed by atoms with Crippen LogP contribution < -0.4 is 21.7 Å². The summed E-state index contributed by atoms with van der Waals surface area (Å²) in [5, 5.41) is 17.4. The van der Waals surface area contributed by atoms with Gasteiger partial charge in [0.1, 0.15) is 17.8 Å². The second-order valence-electron chi connectivity index (χ2n) is 9.21. The van der Waals surface area contributed by atoms with E-state index >= 15 is 0 Å². The number of phenolic OH excluding ortho intramolecular Hbond substituents is 1. The highest BCUT2D eigenvalue weighted by Crippen LogP contribution is 2.23. The molecule has 36 heavy (non-hydrogen) atoms. The molecule has 10 nitrogen and oxygen atoms in total. The number of nitrogens with two attached hydrogens (primary N) is 1. The van der Waals surface area contributed by atoms with Crippen molar-refractivity contribution in [1.29, 1.82) is 0 Å². The first-order valence-corrected chi connectivity index (χ1v) is 11.8. The predicted molar refractivity (Wildman–Crippen MR) is 131 cm³/mol. The van der Waals surface area contributed by atoms with Crippen molar-refractivity contribution in [1.82, 2.24) is 16.0 Å². The molecule has 3 rings (SSSR count). The van der Waals surface area contributed by atoms with Gasteiger partial charge in [-0.05, 0) is 35.6 Å². The van der Waals surface area contributed by atoms with E-state index in [1.165, 1.54) is 12.1 Å². The topological polar surface area (TPSA) is 163 Å². The number of primary amides is 1. The molecule has 2 aromatic rings. The summed E-state index contributed by atoms with van der Waals surface area (Å²) in [7, 11) is 0. The van der Waals surface area contributed by atoms with Crippen LogP contribution in [0.15, 0.2) is 54.6 Å². The molecule has 4 amide bonds. The van der Waals surface area contributed by atoms with E-state index in [0.717, 1.165) is 5.56 Å². The summed E-state index contributed by atoms with van der Waals surface area (Å²) in [5.74, 6) is -2.16. The van der Waals surface area contributed by atoms with Gasteiger partial charge in [-0.2, -0.15) is 0 Å². The Labute approximate surface area is 209 Å². The minimum atomic E-state index is -1.01. The number of benzene rings is 2. The number of aromatic hydroxyl groups is 1. The first-order valence-electron chi connectivity index (χ1n) is 11.8. The molecule has 1 saturated heterocycles. The lowest BCUT2D eigenvalue weighted by Crippen LogP contribution is -2.54. The summed E-state index contributed by atoms with van der Waals surface area (Å²) >= 11 is 0. The summed E-state index contributed by atoms with van der Waals surface area (Å²) < 4.78 is 5.27. The third-order valence-corrected chi connectivity index (χ3v) is 5.69. The van der Waals surface area contributed by atoms with Crippen LogP contribution in [-0.2, 0) is 36.9 Å². The zero-order valence-electron chi connectivity index (χ0n) is 20.3. The summed E-state index contributed by atoms with van der Waals surface area (Å²) in [4.78, 5) is 50.0. The normalized spacial score (nSPS) is 18.1. The third-order valence-electron chi connectivity index (χ3n) is 5.69. The van der Waals surface area contributed by atoms with Crippen LogP contribution in [0.1, 0.15) is 31.4 Å². The molecule has 0 bridgehead atoms. The van der Waals surface area contributed by atoms with E-state index in [4.69, 9.17) is 10.5 Å². The molecule has 4 atom stereocenters. The second kappa shape index (κ2) is 12.2. The lowest BCUT2D eigenvalue weighted by Gasteiger charge is -2.23. The Hall–Kier alpha value is -3.92. The number of hydrogen-bond donors (Lipinski definition) is 5. The zero-order chi connectivity index (χ0) is 26.2. The van der Waals surface area contributed by atoms with Gasteiger partial charge in [-0.3, -0.25) is 19.2 Å². The van der Waals surface area contributed by atoms with Crippen molar-refractivity contribution >= 4 is 23.6 Å². The highest BCUT2D eigenvalue weighted by molar-refractivity contribution is 5.97. The summed E-state index contributed by atoms with van der Waals surface area (Å²) in [5.41, 5.74) is 7.10. The molecule has 1 fully saturated rings. The number of nitrogens with one attached hydrogen (secondary N) is 3. The Bertz CT molecular complexity index is 1070. The molecule has 192 valence electrons. The van der Waals surface area contributed by atoms with Crippen molar-refractivity contribution in [2.75, 3.05) is 0 Å². The highest BCUT2D eigenvalue weighted by atomic mass is 16.6. The molecule has 0 spiro atoms. The molecule has 6 N–H and O–H groups in total. The molecular formula is C26H32N4O6. The van der Waals surface area contributed by atoms with Crippen LogP contribution in [0, 0.1) is 5.92 Å². The van der Waals surface area contributed by atoms with Gasteiger partial charge in [0.2, 0.25) is 11.8 Å². The number of carbonyl (C=O) groups excluding carboxylic acids is 4. The largest absolute Gasteiger partial charge is 0.508 e. The van der Waals surface area contributed by atoms with Gasteiger partial charge < -0.3 is 31.5 Å². The fourth-order valence-corrected chi connectivity index (χ4v) is 3.72. The van der Waals surface area contributed by atoms with E-state index in [0.29, 0.717) is 18.5 Å². The molecule has 0 aromatic heterocycles. The van der Waals surface area contributed by atoms with E-state index in [2.05, 4.69) is 16.0 Å². The summed E-state index contributed by atoms with van der Waals surface area (Å²) in [6.45, 7) is 4.09. The predicted octanol–water partition coefficient (Wildman–Crippen LogP) is 0.520. The fourth-order valence-electron chi connectivity index (χ4n) is 3.72. The number of hydrogen-bond acceptors (Lipinski definition) is 6. The Morgan fingerprint density at radius 1 is 0.889 bits per heavy atom. The van der Waals surface area contributed by atoms with Crippen LogP contribution in [0.25, 0.3) is 0 Å². The molecule has 0 aliphatic carbocycles. The van der Waals surface area contributed by atoms with E-state index in [1.54, 1.807) is 12.1 Å². The first kappa shape index (κ1) is 26.7. The maximum Gasteiger partial charge on any atom is 0.253 e. The Morgan fingerprint density at radius 2 is 1.53 bits per heavy atom. The van der Waals surface area contributed by atoms with Crippen molar-refractivity contribution in [3.63, 3.8) is 0 Å². The summed E-state index contributed by atoms with van der Waals surface area (Å²) in [6, 6.07) is 13.6. The minimum Gasteiger partial charge on any atom is -0.508 e. The van der Waals surface area contributed by atoms with Gasteiger partial charge in [0, 0.05) is 13.0 Å². The van der Waals surface area contributed by atoms with Gasteiger partial charge in [-0.25, -0.2) is 0 Å². The fraction of sp³-hybridized carbons (Fsp3) is 0.385. The number of carbonyl (C=O) groups is 4. The average Bonchev–Trinajstić information content (AvgIpc) is 3.64. The standard InChI is InChI=1S/C26H32N4O6/c1-15(2)12-20(24(33)29-19(23(27)32)13-16-8-10-18(31)11-9-16)30-26(35)22-21(36-22)25(34)28-14-17-6-4-3-5-7-17/h3-11,15,19-22,31H,12-14H2,1-2H3,(H2,27,32)(H,28,34)(H,29,33)(H,30,35)/t19-,20-,21+,22+/m0/s1. The van der Waals surface area contributed by atoms with Crippen molar-refractivity contribution in [2.24, 2.45) is 11.7 Å². The maximum absolute atomic E-state index is 13.0. The van der Waals surface area contributed by atoms with Crippen LogP contribution in [-0.4, -0.2) is 53.0 Å². The van der Waals surface area contributed by atoms with Crippen LogP contribution >= 0.6 is 0 Å². The minimum absolute atomic E-state index is 0.0512. The molecule has 0 saturated carbocycles. The van der Waals surface area contributed by atoms with Crippen molar-refractivity contribution < 1.29 is 29.0 Å². The molecule has 10 heteroatoms. The van der Waals surface area contributed by atoms with E-state index in [1.807, 2.05) is 44.2 Å². The average molecular weight is 497 g/mol. The molecule has 0 radical (unpaired) electrons. The van der Waals surface area contributed by atoms with Gasteiger partial charge >= 0.3 is 0 Å². The van der Waals surface area contributed by atoms with Crippen LogP contribution in [0.5, 0.6) is 5.75 Å². The van der Waals surface area contributed by atoms with Crippen molar-refractivity contribution in [3.8, 4) is 5.75 Å². The zero-order valence-corrected chi connectivity index (χ0v) is 20.3. The van der Waals surface area contributed by atoms with E-state index < -0.39 is 47.9 Å². The number of ether oxygens (including phenoxy) is 1. The van der Waals surface area contributed by atoms with Gasteiger partial charge in [0.05, 0.1) is 0 Å². The van der Waals surface area contributed by atoms with E-state index in [9.17, 15) is 24.3 Å². The van der Waals surface area contributed by atoms with Crippen molar-refractivity contribution in [3.05, 3.63) is 65.7 Å². The van der Waals surface area contributed by atoms with Gasteiger partial charge in [0.25, 0.3) is 11.8 Å². The maximum atomic E-state index is 13.0. The monoisotopic (exact) mass is 496 g/mol. The lowest BCUT2D eigenvalue weighted by molar-refractivity contribution is -0.132. The Balaban J connectivity index is 1.56. The summed E-state index contributed by atoms with van der Waals surface area (Å²) in [6.07, 6.45) is -1.49. The van der Waals surface area contributed by atoms with E-state index in [-0.39, 0.29) is 18.1 Å². The van der Waals surface area contributed by atoms with Crippen LogP contribution in [0.4, 0.5) is 0 Å². The Kier molecular flexibility index (Phi) is 9.02. The molecule has 1 heterocycles. The first-order chi connectivity index (χ1) is 17.1. The lowest BCUT2D eigenvalue weighted by atomic mass is 10.0. The molecule has 2 aromatic carbocycles. The number of epoxide rings is 1. The van der Waals surface area contributed by atoms with Gasteiger partial charge in [0.15, 0.2) is 12.2 Å². The molecule has 1 aliphatic rings. The number of amides is 4. The van der Waals surface area contributed by atoms with Gasteiger partial charge in [-0.15, -0.1) is 0 Å². The molecular weight excluding hydrogens is 464 g/mol.